The first-order valence-electron chi connectivity index (χ1n) is 9.19. The van der Waals surface area contributed by atoms with Crippen molar-refractivity contribution in [2.45, 2.75) is 0 Å². The average molecular weight is 361 g/mol. The lowest BCUT2D eigenvalue weighted by atomic mass is 10.1. The van der Waals surface area contributed by atoms with Gasteiger partial charge in [0, 0.05) is 34.1 Å². The highest BCUT2D eigenvalue weighted by molar-refractivity contribution is 6.10. The SMILES string of the molecule is c1cnc(-n2c(-c3cccc4c3oc3ccccc34)cc3ccccc32)nc1. The van der Waals surface area contributed by atoms with E-state index in [9.17, 15) is 0 Å². The second kappa shape index (κ2) is 5.79. The van der Waals surface area contributed by atoms with Crippen molar-refractivity contribution in [2.75, 3.05) is 0 Å². The molecule has 4 nitrogen and oxygen atoms in total. The molecule has 132 valence electrons. The van der Waals surface area contributed by atoms with E-state index in [-0.39, 0.29) is 0 Å². The lowest BCUT2D eigenvalue weighted by Crippen LogP contribution is -2.01. The van der Waals surface area contributed by atoms with Gasteiger partial charge in [0.1, 0.15) is 11.2 Å². The Morgan fingerprint density at radius 3 is 2.43 bits per heavy atom. The maximum Gasteiger partial charge on any atom is 0.234 e. The van der Waals surface area contributed by atoms with Crippen molar-refractivity contribution in [3.05, 3.63) is 91.3 Å². The normalized spacial score (nSPS) is 11.6. The Morgan fingerprint density at radius 2 is 1.50 bits per heavy atom. The summed E-state index contributed by atoms with van der Waals surface area (Å²) in [6, 6.07) is 26.7. The number of rotatable bonds is 2. The summed E-state index contributed by atoms with van der Waals surface area (Å²) in [7, 11) is 0. The van der Waals surface area contributed by atoms with Crippen molar-refractivity contribution < 1.29 is 4.42 Å². The number of hydrogen-bond donors (Lipinski definition) is 0. The Hall–Kier alpha value is -3.92. The molecule has 3 aromatic carbocycles. The second-order valence-electron chi connectivity index (χ2n) is 6.75. The van der Waals surface area contributed by atoms with Crippen LogP contribution in [0.1, 0.15) is 0 Å². The molecule has 0 aliphatic carbocycles. The molecule has 4 heteroatoms. The van der Waals surface area contributed by atoms with Crippen LogP contribution in [-0.4, -0.2) is 14.5 Å². The molecule has 6 rings (SSSR count). The van der Waals surface area contributed by atoms with Crippen LogP contribution in [0.2, 0.25) is 0 Å². The first-order chi connectivity index (χ1) is 13.9. The summed E-state index contributed by atoms with van der Waals surface area (Å²) < 4.78 is 8.37. The molecule has 0 radical (unpaired) electrons. The van der Waals surface area contributed by atoms with E-state index in [1.54, 1.807) is 12.4 Å². The molecule has 0 N–H and O–H groups in total. The molecule has 0 saturated heterocycles. The van der Waals surface area contributed by atoms with Gasteiger partial charge in [-0.05, 0) is 30.3 Å². The van der Waals surface area contributed by atoms with Crippen molar-refractivity contribution in [3.63, 3.8) is 0 Å². The van der Waals surface area contributed by atoms with Gasteiger partial charge in [-0.15, -0.1) is 0 Å². The fourth-order valence-corrected chi connectivity index (χ4v) is 3.92. The zero-order valence-corrected chi connectivity index (χ0v) is 14.9. The molecule has 6 aromatic rings. The minimum atomic E-state index is 0.645. The van der Waals surface area contributed by atoms with E-state index in [0.717, 1.165) is 44.1 Å². The molecule has 0 fully saturated rings. The Bertz CT molecular complexity index is 1460. The van der Waals surface area contributed by atoms with E-state index in [0.29, 0.717) is 5.95 Å². The minimum Gasteiger partial charge on any atom is -0.455 e. The number of benzene rings is 3. The van der Waals surface area contributed by atoms with Gasteiger partial charge in [-0.2, -0.15) is 0 Å². The zero-order valence-electron chi connectivity index (χ0n) is 14.9. The quantitative estimate of drug-likeness (QED) is 0.381. The van der Waals surface area contributed by atoms with Gasteiger partial charge in [0.2, 0.25) is 5.95 Å². The van der Waals surface area contributed by atoms with Crippen LogP contribution in [0.25, 0.3) is 50.0 Å². The number of para-hydroxylation sites is 3. The van der Waals surface area contributed by atoms with E-state index < -0.39 is 0 Å². The highest BCUT2D eigenvalue weighted by Gasteiger charge is 2.18. The largest absolute Gasteiger partial charge is 0.455 e. The van der Waals surface area contributed by atoms with Gasteiger partial charge in [0.15, 0.2) is 0 Å². The van der Waals surface area contributed by atoms with Gasteiger partial charge < -0.3 is 4.42 Å². The number of aromatic nitrogens is 3. The minimum absolute atomic E-state index is 0.645. The van der Waals surface area contributed by atoms with E-state index >= 15 is 0 Å². The molecule has 0 bridgehead atoms. The second-order valence-corrected chi connectivity index (χ2v) is 6.75. The molecule has 0 saturated carbocycles. The Morgan fingerprint density at radius 1 is 0.714 bits per heavy atom. The van der Waals surface area contributed by atoms with Crippen LogP contribution < -0.4 is 0 Å². The van der Waals surface area contributed by atoms with Crippen molar-refractivity contribution in [1.82, 2.24) is 14.5 Å². The molecule has 0 spiro atoms. The fraction of sp³-hybridized carbons (Fsp3) is 0. The van der Waals surface area contributed by atoms with Crippen molar-refractivity contribution >= 4 is 32.8 Å². The van der Waals surface area contributed by atoms with Gasteiger partial charge in [0.25, 0.3) is 0 Å². The summed E-state index contributed by atoms with van der Waals surface area (Å²) in [5.74, 6) is 0.645. The standard InChI is InChI=1S/C24H15N3O/c1-3-11-20-16(7-1)15-21(27(20)24-25-13-6-14-26-24)19-10-5-9-18-17-8-2-4-12-22(17)28-23(18)19/h1-15H. The van der Waals surface area contributed by atoms with E-state index in [2.05, 4.69) is 57.0 Å². The number of fused-ring (bicyclic) bond motifs is 4. The molecule has 0 aliphatic heterocycles. The van der Waals surface area contributed by atoms with Gasteiger partial charge in [-0.3, -0.25) is 4.57 Å². The van der Waals surface area contributed by atoms with E-state index in [1.165, 1.54) is 0 Å². The Kier molecular flexibility index (Phi) is 3.14. The summed E-state index contributed by atoms with van der Waals surface area (Å²) in [4.78, 5) is 9.00. The molecule has 3 aromatic heterocycles. The highest BCUT2D eigenvalue weighted by atomic mass is 16.3. The third-order valence-corrected chi connectivity index (χ3v) is 5.14. The topological polar surface area (TPSA) is 43.9 Å². The molecule has 0 unspecified atom stereocenters. The van der Waals surface area contributed by atoms with Crippen molar-refractivity contribution in [2.24, 2.45) is 0 Å². The monoisotopic (exact) mass is 361 g/mol. The first kappa shape index (κ1) is 15.2. The van der Waals surface area contributed by atoms with Crippen LogP contribution in [-0.2, 0) is 0 Å². The molecular formula is C24H15N3O. The van der Waals surface area contributed by atoms with Gasteiger partial charge in [-0.25, -0.2) is 9.97 Å². The summed E-state index contributed by atoms with van der Waals surface area (Å²) in [6.45, 7) is 0. The summed E-state index contributed by atoms with van der Waals surface area (Å²) in [5, 5.41) is 3.37. The zero-order chi connectivity index (χ0) is 18.5. The van der Waals surface area contributed by atoms with Gasteiger partial charge in [0.05, 0.1) is 11.2 Å². The average Bonchev–Trinajstić information content (AvgIpc) is 3.33. The summed E-state index contributed by atoms with van der Waals surface area (Å²) in [6.07, 6.45) is 3.53. The predicted octanol–water partition coefficient (Wildman–Crippen LogP) is 5.99. The maximum absolute atomic E-state index is 6.27. The van der Waals surface area contributed by atoms with Gasteiger partial charge >= 0.3 is 0 Å². The number of furan rings is 1. The smallest absolute Gasteiger partial charge is 0.234 e. The molecule has 0 amide bonds. The number of nitrogens with zero attached hydrogens (tertiary/aromatic N) is 3. The van der Waals surface area contributed by atoms with Crippen LogP contribution in [0.5, 0.6) is 0 Å². The lowest BCUT2D eigenvalue weighted by Gasteiger charge is -2.09. The van der Waals surface area contributed by atoms with Gasteiger partial charge in [-0.1, -0.05) is 48.5 Å². The Balaban J connectivity index is 1.74. The van der Waals surface area contributed by atoms with Crippen LogP contribution in [0, 0.1) is 0 Å². The summed E-state index contributed by atoms with van der Waals surface area (Å²) >= 11 is 0. The predicted molar refractivity (Wildman–Crippen MR) is 112 cm³/mol. The van der Waals surface area contributed by atoms with Crippen LogP contribution in [0.3, 0.4) is 0 Å². The van der Waals surface area contributed by atoms with Crippen molar-refractivity contribution in [3.8, 4) is 17.2 Å². The highest BCUT2D eigenvalue weighted by Crippen LogP contribution is 2.38. The third kappa shape index (κ3) is 2.12. The molecular weight excluding hydrogens is 346 g/mol. The van der Waals surface area contributed by atoms with E-state index in [4.69, 9.17) is 4.42 Å². The maximum atomic E-state index is 6.27. The molecule has 0 aliphatic rings. The Labute approximate surface area is 160 Å². The lowest BCUT2D eigenvalue weighted by molar-refractivity contribution is 0.669. The molecule has 28 heavy (non-hydrogen) atoms. The number of hydrogen-bond acceptors (Lipinski definition) is 3. The molecule has 3 heterocycles. The fourth-order valence-electron chi connectivity index (χ4n) is 3.92. The van der Waals surface area contributed by atoms with Crippen LogP contribution >= 0.6 is 0 Å². The first-order valence-corrected chi connectivity index (χ1v) is 9.19. The molecule has 0 atom stereocenters. The summed E-state index contributed by atoms with van der Waals surface area (Å²) in [5.41, 5.74) is 4.87. The third-order valence-electron chi connectivity index (χ3n) is 5.14. The van der Waals surface area contributed by atoms with Crippen LogP contribution in [0.4, 0.5) is 0 Å². The van der Waals surface area contributed by atoms with E-state index in [1.807, 2.05) is 36.4 Å². The van der Waals surface area contributed by atoms with Crippen molar-refractivity contribution in [1.29, 1.82) is 0 Å². The van der Waals surface area contributed by atoms with Crippen LogP contribution in [0.15, 0.2) is 95.7 Å².